The van der Waals surface area contributed by atoms with Crippen LogP contribution >= 0.6 is 0 Å². The molecular formula is C29H41N5O3. The Hall–Kier alpha value is -3.26. The van der Waals surface area contributed by atoms with E-state index in [-0.39, 0.29) is 17.7 Å². The maximum Gasteiger partial charge on any atom is 0.225 e. The van der Waals surface area contributed by atoms with Gasteiger partial charge < -0.3 is 15.3 Å². The summed E-state index contributed by atoms with van der Waals surface area (Å²) in [5.74, 6) is -0.0440. The SMILES string of the molecule is Cc1ccc(-c2cc(C(C)C)c(=N)n(/C=C/CCN(CC(C)(C)NC=O)C(=O)C3CC(C)(O)C3)n2)cc1. The van der Waals surface area contributed by atoms with E-state index in [9.17, 15) is 14.7 Å². The van der Waals surface area contributed by atoms with Gasteiger partial charge in [0, 0.05) is 36.3 Å². The van der Waals surface area contributed by atoms with Crippen LogP contribution < -0.4 is 10.8 Å². The molecule has 1 heterocycles. The van der Waals surface area contributed by atoms with E-state index in [4.69, 9.17) is 10.5 Å². The number of aliphatic hydroxyl groups is 1. The third-order valence-corrected chi connectivity index (χ3v) is 6.86. The zero-order valence-electron chi connectivity index (χ0n) is 22.9. The fourth-order valence-electron chi connectivity index (χ4n) is 4.75. The Morgan fingerprint density at radius 3 is 2.54 bits per heavy atom. The lowest BCUT2D eigenvalue weighted by Gasteiger charge is -2.43. The van der Waals surface area contributed by atoms with Gasteiger partial charge in [-0.3, -0.25) is 15.0 Å². The van der Waals surface area contributed by atoms with Gasteiger partial charge in [0.25, 0.3) is 0 Å². The summed E-state index contributed by atoms with van der Waals surface area (Å²) in [7, 11) is 0. The molecule has 200 valence electrons. The molecule has 1 saturated carbocycles. The quantitative estimate of drug-likeness (QED) is 0.401. The van der Waals surface area contributed by atoms with Gasteiger partial charge in [0.15, 0.2) is 0 Å². The summed E-state index contributed by atoms with van der Waals surface area (Å²) in [6.07, 6.45) is 5.83. The zero-order valence-corrected chi connectivity index (χ0v) is 22.9. The smallest absolute Gasteiger partial charge is 0.225 e. The maximum absolute atomic E-state index is 13.2. The first-order valence-electron chi connectivity index (χ1n) is 13.0. The minimum Gasteiger partial charge on any atom is -0.390 e. The summed E-state index contributed by atoms with van der Waals surface area (Å²) in [6, 6.07) is 10.2. The average molecular weight is 508 g/mol. The number of hydrogen-bond donors (Lipinski definition) is 3. The van der Waals surface area contributed by atoms with Gasteiger partial charge in [0.05, 0.1) is 16.8 Å². The number of hydrogen-bond acceptors (Lipinski definition) is 5. The Labute approximate surface area is 219 Å². The molecule has 0 unspecified atom stereocenters. The van der Waals surface area contributed by atoms with Crippen molar-refractivity contribution in [3.8, 4) is 11.3 Å². The van der Waals surface area contributed by atoms with Gasteiger partial charge in [0.2, 0.25) is 12.3 Å². The van der Waals surface area contributed by atoms with Gasteiger partial charge in [0.1, 0.15) is 5.49 Å². The third-order valence-electron chi connectivity index (χ3n) is 6.86. The van der Waals surface area contributed by atoms with E-state index in [1.54, 1.807) is 22.7 Å². The fourth-order valence-corrected chi connectivity index (χ4v) is 4.75. The molecule has 0 radical (unpaired) electrons. The molecule has 2 aromatic rings. The highest BCUT2D eigenvalue weighted by atomic mass is 16.3. The maximum atomic E-state index is 13.2. The van der Waals surface area contributed by atoms with Crippen LogP contribution in [0.15, 0.2) is 36.4 Å². The van der Waals surface area contributed by atoms with E-state index in [2.05, 4.69) is 31.3 Å². The van der Waals surface area contributed by atoms with Crippen LogP contribution in [0.1, 0.15) is 70.9 Å². The number of carbonyl (C=O) groups is 2. The molecule has 0 saturated heterocycles. The monoisotopic (exact) mass is 507 g/mol. The van der Waals surface area contributed by atoms with Crippen molar-refractivity contribution in [3.63, 3.8) is 0 Å². The van der Waals surface area contributed by atoms with Gasteiger partial charge >= 0.3 is 0 Å². The highest BCUT2D eigenvalue weighted by molar-refractivity contribution is 5.80. The standard InChI is InChI=1S/C29H41N5O3/c1-20(2)24-15-25(22-11-9-21(3)10-12-22)32-34(26(24)30)14-8-7-13-33(18-28(4,5)31-19-35)27(36)23-16-29(6,37)17-23/h8-12,14-15,19-20,23,30,37H,7,13,16-18H2,1-6H3,(H,31,35)/b14-8+,30-26?. The number of aromatic nitrogens is 2. The fraction of sp³-hybridized carbons (Fsp3) is 0.517. The first-order chi connectivity index (χ1) is 17.3. The molecule has 1 aromatic heterocycles. The number of nitrogens with zero attached hydrogens (tertiary/aromatic N) is 3. The molecule has 1 aliphatic carbocycles. The van der Waals surface area contributed by atoms with Crippen LogP contribution in [0.4, 0.5) is 0 Å². The highest BCUT2D eigenvalue weighted by Crippen LogP contribution is 2.38. The van der Waals surface area contributed by atoms with Gasteiger partial charge in [-0.15, -0.1) is 0 Å². The van der Waals surface area contributed by atoms with Crippen LogP contribution in [-0.4, -0.2) is 56.3 Å². The van der Waals surface area contributed by atoms with Crippen molar-refractivity contribution in [1.82, 2.24) is 20.0 Å². The Bertz CT molecular complexity index is 1190. The Morgan fingerprint density at radius 2 is 1.97 bits per heavy atom. The molecule has 1 fully saturated rings. The summed E-state index contributed by atoms with van der Waals surface area (Å²) in [6.45, 7) is 12.5. The van der Waals surface area contributed by atoms with Crippen molar-refractivity contribution in [1.29, 1.82) is 5.41 Å². The molecule has 1 aliphatic rings. The summed E-state index contributed by atoms with van der Waals surface area (Å²) < 4.78 is 1.59. The van der Waals surface area contributed by atoms with Gasteiger partial charge in [-0.25, -0.2) is 4.68 Å². The molecule has 37 heavy (non-hydrogen) atoms. The van der Waals surface area contributed by atoms with Crippen LogP contribution in [0.25, 0.3) is 17.5 Å². The van der Waals surface area contributed by atoms with Crippen molar-refractivity contribution in [2.24, 2.45) is 5.92 Å². The van der Waals surface area contributed by atoms with E-state index < -0.39 is 11.1 Å². The lowest BCUT2D eigenvalue weighted by atomic mass is 9.71. The zero-order chi connectivity index (χ0) is 27.4. The molecule has 0 atom stereocenters. The Kier molecular flexibility index (Phi) is 8.74. The van der Waals surface area contributed by atoms with E-state index in [0.717, 1.165) is 16.8 Å². The molecule has 8 heteroatoms. The van der Waals surface area contributed by atoms with E-state index in [0.29, 0.717) is 44.2 Å². The van der Waals surface area contributed by atoms with E-state index in [1.807, 2.05) is 45.0 Å². The minimum atomic E-state index is -0.786. The molecule has 1 aromatic carbocycles. The first kappa shape index (κ1) is 28.3. The van der Waals surface area contributed by atoms with E-state index in [1.165, 1.54) is 5.56 Å². The van der Waals surface area contributed by atoms with Crippen LogP contribution in [0, 0.1) is 18.3 Å². The Morgan fingerprint density at radius 1 is 1.32 bits per heavy atom. The average Bonchev–Trinajstić information content (AvgIpc) is 2.80. The minimum absolute atomic E-state index is 0.00359. The van der Waals surface area contributed by atoms with Gasteiger partial charge in [-0.2, -0.15) is 5.10 Å². The molecule has 3 N–H and O–H groups in total. The second kappa shape index (κ2) is 11.4. The van der Waals surface area contributed by atoms with E-state index >= 15 is 0 Å². The lowest BCUT2D eigenvalue weighted by molar-refractivity contribution is -0.150. The molecule has 3 rings (SSSR count). The van der Waals surface area contributed by atoms with Crippen LogP contribution in [0.5, 0.6) is 0 Å². The summed E-state index contributed by atoms with van der Waals surface area (Å²) in [5.41, 5.74) is 2.86. The predicted molar refractivity (Wildman–Crippen MR) is 145 cm³/mol. The topological polar surface area (TPSA) is 111 Å². The largest absolute Gasteiger partial charge is 0.390 e. The summed E-state index contributed by atoms with van der Waals surface area (Å²) in [4.78, 5) is 26.0. The lowest BCUT2D eigenvalue weighted by Crippen LogP contribution is -2.55. The summed E-state index contributed by atoms with van der Waals surface area (Å²) in [5, 5.41) is 26.3. The molecule has 2 amide bonds. The number of benzene rings is 1. The molecular weight excluding hydrogens is 466 g/mol. The predicted octanol–water partition coefficient (Wildman–Crippen LogP) is 3.84. The number of aryl methyl sites for hydroxylation is 1. The number of rotatable bonds is 11. The van der Waals surface area contributed by atoms with Crippen LogP contribution in [0.2, 0.25) is 0 Å². The molecule has 0 bridgehead atoms. The third kappa shape index (κ3) is 7.38. The van der Waals surface area contributed by atoms with Crippen molar-refractivity contribution in [2.45, 2.75) is 77.9 Å². The highest BCUT2D eigenvalue weighted by Gasteiger charge is 2.44. The van der Waals surface area contributed by atoms with Gasteiger partial charge in [-0.05, 0) is 58.9 Å². The molecule has 0 spiro atoms. The first-order valence-corrected chi connectivity index (χ1v) is 13.0. The second-order valence-corrected chi connectivity index (χ2v) is 11.5. The van der Waals surface area contributed by atoms with Crippen LogP contribution in [0.3, 0.4) is 0 Å². The number of carbonyl (C=O) groups excluding carboxylic acids is 2. The number of amides is 2. The number of nitrogens with one attached hydrogen (secondary N) is 2. The molecule has 8 nitrogen and oxygen atoms in total. The Balaban J connectivity index is 1.79. The van der Waals surface area contributed by atoms with Crippen molar-refractivity contribution < 1.29 is 14.7 Å². The second-order valence-electron chi connectivity index (χ2n) is 11.5. The molecule has 0 aliphatic heterocycles. The van der Waals surface area contributed by atoms with Gasteiger partial charge in [-0.1, -0.05) is 49.8 Å². The van der Waals surface area contributed by atoms with Crippen LogP contribution in [-0.2, 0) is 9.59 Å². The van der Waals surface area contributed by atoms with Crippen molar-refractivity contribution >= 4 is 18.5 Å². The van der Waals surface area contributed by atoms with Crippen molar-refractivity contribution in [2.75, 3.05) is 13.1 Å². The summed E-state index contributed by atoms with van der Waals surface area (Å²) >= 11 is 0. The van der Waals surface area contributed by atoms with Crippen molar-refractivity contribution in [3.05, 3.63) is 53.0 Å². The normalized spacial score (nSPS) is 19.6.